The maximum Gasteiger partial charge on any atom is 0.337 e. The second-order valence-electron chi connectivity index (χ2n) is 9.18. The van der Waals surface area contributed by atoms with Gasteiger partial charge in [0.15, 0.2) is 6.29 Å². The summed E-state index contributed by atoms with van der Waals surface area (Å²) in [6.07, 6.45) is -5.04. The Morgan fingerprint density at radius 3 is 2.36 bits per heavy atom. The van der Waals surface area contributed by atoms with Crippen LogP contribution < -0.4 is 0 Å². The van der Waals surface area contributed by atoms with Crippen LogP contribution in [0.2, 0.25) is 0 Å². The molecule has 39 heavy (non-hydrogen) atoms. The standard InChI is InChI=1S/C26H30O13/c1-35-24(34)15-11-36-25(39-26-23(33)22(32)21(31)17(10-28)38-26)19-13(9-27)8-16(20(15)19)37-18(30)7-4-12-2-5-14(29)6-3-12/h2-8,11,16-17,19-23,25-29,31-33H,9-10H2,1H3/b7-4-/t16-,17+,19+,20-,21+,22-,23+,25+,26+/m0/s1. The third kappa shape index (κ3) is 5.99. The predicted molar refractivity (Wildman–Crippen MR) is 129 cm³/mol. The molecule has 0 radical (unpaired) electrons. The van der Waals surface area contributed by atoms with E-state index in [0.717, 1.165) is 19.4 Å². The Morgan fingerprint density at radius 1 is 1.00 bits per heavy atom. The van der Waals surface area contributed by atoms with Crippen molar-refractivity contribution in [3.8, 4) is 5.75 Å². The molecule has 2 aliphatic heterocycles. The van der Waals surface area contributed by atoms with Crippen molar-refractivity contribution in [2.45, 2.75) is 43.1 Å². The Labute approximate surface area is 222 Å². The second-order valence-corrected chi connectivity index (χ2v) is 9.18. The number of hydrogen-bond donors (Lipinski definition) is 6. The van der Waals surface area contributed by atoms with Crippen LogP contribution in [0.4, 0.5) is 0 Å². The Hall–Kier alpha value is -3.30. The van der Waals surface area contributed by atoms with Crippen molar-refractivity contribution in [2.75, 3.05) is 20.3 Å². The van der Waals surface area contributed by atoms with E-state index in [9.17, 15) is 40.2 Å². The molecule has 1 aromatic carbocycles. The number of aliphatic hydroxyl groups excluding tert-OH is 5. The normalized spacial score (nSPS) is 34.1. The fourth-order valence-corrected chi connectivity index (χ4v) is 4.80. The summed E-state index contributed by atoms with van der Waals surface area (Å²) in [5.74, 6) is -3.31. The van der Waals surface area contributed by atoms with Gasteiger partial charge in [-0.05, 0) is 35.4 Å². The summed E-state index contributed by atoms with van der Waals surface area (Å²) < 4.78 is 27.2. The van der Waals surface area contributed by atoms with Crippen LogP contribution in [0.3, 0.4) is 0 Å². The Balaban J connectivity index is 1.56. The van der Waals surface area contributed by atoms with Crippen LogP contribution in [0, 0.1) is 11.8 Å². The first-order valence-electron chi connectivity index (χ1n) is 12.1. The van der Waals surface area contributed by atoms with E-state index in [4.69, 9.17) is 23.7 Å². The molecule has 1 aliphatic carbocycles. The average molecular weight is 551 g/mol. The Bertz CT molecular complexity index is 1130. The number of aliphatic hydroxyl groups is 5. The number of aromatic hydroxyl groups is 1. The van der Waals surface area contributed by atoms with Crippen LogP contribution >= 0.6 is 0 Å². The minimum absolute atomic E-state index is 0.00355. The van der Waals surface area contributed by atoms with Crippen molar-refractivity contribution in [2.24, 2.45) is 11.8 Å². The molecule has 0 aromatic heterocycles. The van der Waals surface area contributed by atoms with E-state index in [2.05, 4.69) is 0 Å². The summed E-state index contributed by atoms with van der Waals surface area (Å²) in [5.41, 5.74) is 0.912. The first-order chi connectivity index (χ1) is 18.7. The topological polar surface area (TPSA) is 202 Å². The number of esters is 2. The van der Waals surface area contributed by atoms with E-state index in [1.807, 2.05) is 0 Å². The number of rotatable bonds is 8. The molecule has 6 N–H and O–H groups in total. The highest BCUT2D eigenvalue weighted by Crippen LogP contribution is 2.45. The summed E-state index contributed by atoms with van der Waals surface area (Å²) in [6.45, 7) is -1.20. The van der Waals surface area contributed by atoms with Crippen molar-refractivity contribution in [1.82, 2.24) is 0 Å². The third-order valence-electron chi connectivity index (χ3n) is 6.81. The molecule has 1 aromatic rings. The molecule has 13 heteroatoms. The summed E-state index contributed by atoms with van der Waals surface area (Å²) >= 11 is 0. The quantitative estimate of drug-likeness (QED) is 0.127. The zero-order valence-corrected chi connectivity index (χ0v) is 20.8. The smallest absolute Gasteiger partial charge is 0.337 e. The first kappa shape index (κ1) is 28.7. The molecule has 0 amide bonds. The van der Waals surface area contributed by atoms with E-state index in [-0.39, 0.29) is 11.3 Å². The lowest BCUT2D eigenvalue weighted by Gasteiger charge is -2.43. The first-order valence-corrected chi connectivity index (χ1v) is 12.1. The molecule has 0 bridgehead atoms. The number of fused-ring (bicyclic) bond motifs is 1. The van der Waals surface area contributed by atoms with Gasteiger partial charge in [0.2, 0.25) is 6.29 Å². The molecule has 0 spiro atoms. The molecule has 0 saturated carbocycles. The van der Waals surface area contributed by atoms with Crippen LogP contribution in [-0.4, -0.2) is 106 Å². The summed E-state index contributed by atoms with van der Waals surface area (Å²) in [6, 6.07) is 6.08. The lowest BCUT2D eigenvalue weighted by Crippen LogP contribution is -2.60. The van der Waals surface area contributed by atoms with E-state index in [0.29, 0.717) is 11.1 Å². The zero-order valence-electron chi connectivity index (χ0n) is 20.8. The lowest BCUT2D eigenvalue weighted by atomic mass is 9.82. The van der Waals surface area contributed by atoms with Gasteiger partial charge in [0.25, 0.3) is 0 Å². The van der Waals surface area contributed by atoms with Gasteiger partial charge >= 0.3 is 11.9 Å². The van der Waals surface area contributed by atoms with Gasteiger partial charge in [-0.3, -0.25) is 0 Å². The molecule has 1 saturated heterocycles. The molecule has 13 nitrogen and oxygen atoms in total. The highest BCUT2D eigenvalue weighted by Gasteiger charge is 2.53. The van der Waals surface area contributed by atoms with Gasteiger partial charge in [-0.1, -0.05) is 12.1 Å². The van der Waals surface area contributed by atoms with Crippen LogP contribution in [0.1, 0.15) is 5.56 Å². The Morgan fingerprint density at radius 2 is 1.72 bits per heavy atom. The van der Waals surface area contributed by atoms with E-state index in [1.165, 1.54) is 24.3 Å². The summed E-state index contributed by atoms with van der Waals surface area (Å²) in [4.78, 5) is 25.2. The molecule has 1 fully saturated rings. The molecule has 2 heterocycles. The molecule has 4 rings (SSSR count). The van der Waals surface area contributed by atoms with Crippen LogP contribution in [0.5, 0.6) is 5.75 Å². The molecule has 3 aliphatic rings. The minimum Gasteiger partial charge on any atom is -0.508 e. The summed E-state index contributed by atoms with van der Waals surface area (Å²) in [5, 5.41) is 59.5. The monoisotopic (exact) mass is 550 g/mol. The van der Waals surface area contributed by atoms with Gasteiger partial charge in [-0.15, -0.1) is 0 Å². The molecule has 212 valence electrons. The molecule has 0 unspecified atom stereocenters. The number of hydrogen-bond acceptors (Lipinski definition) is 13. The maximum absolute atomic E-state index is 12.7. The van der Waals surface area contributed by atoms with Crippen LogP contribution in [0.15, 0.2) is 53.8 Å². The van der Waals surface area contributed by atoms with Gasteiger partial charge in [-0.25, -0.2) is 9.59 Å². The van der Waals surface area contributed by atoms with Gasteiger partial charge in [0.05, 0.1) is 38.1 Å². The fraction of sp³-hybridized carbons (Fsp3) is 0.462. The largest absolute Gasteiger partial charge is 0.508 e. The van der Waals surface area contributed by atoms with E-state index >= 15 is 0 Å². The number of carbonyl (C=O) groups excluding carboxylic acids is 2. The number of carbonyl (C=O) groups is 2. The third-order valence-corrected chi connectivity index (χ3v) is 6.81. The fourth-order valence-electron chi connectivity index (χ4n) is 4.80. The lowest BCUT2D eigenvalue weighted by molar-refractivity contribution is -0.340. The van der Waals surface area contributed by atoms with Gasteiger partial charge < -0.3 is 54.3 Å². The number of methoxy groups -OCH3 is 1. The summed E-state index contributed by atoms with van der Waals surface area (Å²) in [7, 11) is 1.16. The second kappa shape index (κ2) is 12.3. The molecular formula is C26H30O13. The van der Waals surface area contributed by atoms with Gasteiger partial charge in [0, 0.05) is 12.0 Å². The average Bonchev–Trinajstić information content (AvgIpc) is 3.31. The zero-order chi connectivity index (χ0) is 28.3. The van der Waals surface area contributed by atoms with Crippen molar-refractivity contribution in [3.63, 3.8) is 0 Å². The van der Waals surface area contributed by atoms with E-state index in [1.54, 1.807) is 12.1 Å². The highest BCUT2D eigenvalue weighted by molar-refractivity contribution is 5.90. The number of ether oxygens (including phenoxy) is 5. The highest BCUT2D eigenvalue weighted by atomic mass is 16.8. The minimum atomic E-state index is -1.72. The van der Waals surface area contributed by atoms with Gasteiger partial charge in [-0.2, -0.15) is 0 Å². The maximum atomic E-state index is 12.7. The number of benzene rings is 1. The Kier molecular flexibility index (Phi) is 9.02. The van der Waals surface area contributed by atoms with Crippen molar-refractivity contribution in [3.05, 3.63) is 59.4 Å². The van der Waals surface area contributed by atoms with Crippen molar-refractivity contribution in [1.29, 1.82) is 0 Å². The predicted octanol–water partition coefficient (Wildman–Crippen LogP) is -1.29. The van der Waals surface area contributed by atoms with E-state index < -0.39 is 80.1 Å². The number of phenolic OH excluding ortho intramolecular Hbond substituents is 1. The molecular weight excluding hydrogens is 520 g/mol. The SMILES string of the molecule is COC(=O)C1=CO[C@H](O[C@H]2O[C@H](CO)[C@@H](O)[C@H](O)[C@H]2O)[C@@H]2C(CO)=C[C@H](OC(=O)/C=C\c3ccc(O)cc3)[C@H]12. The molecule has 9 atom stereocenters. The van der Waals surface area contributed by atoms with Crippen LogP contribution in [-0.2, 0) is 33.3 Å². The van der Waals surface area contributed by atoms with Crippen LogP contribution in [0.25, 0.3) is 6.08 Å². The van der Waals surface area contributed by atoms with Crippen molar-refractivity contribution < 1.29 is 63.9 Å². The number of phenols is 1. The van der Waals surface area contributed by atoms with Gasteiger partial charge in [0.1, 0.15) is 36.3 Å². The van der Waals surface area contributed by atoms with Crippen molar-refractivity contribution >= 4 is 18.0 Å².